The number of hydrogen-bond acceptors (Lipinski definition) is 3. The number of carbonyl (C=O) groups is 2. The van der Waals surface area contributed by atoms with Gasteiger partial charge in [0.05, 0.1) is 11.4 Å². The number of carbonyl (C=O) groups excluding carboxylic acids is 2. The molecule has 3 aromatic rings. The van der Waals surface area contributed by atoms with E-state index in [9.17, 15) is 14.0 Å². The number of nitrogens with one attached hydrogen (secondary N) is 2. The van der Waals surface area contributed by atoms with Crippen LogP contribution in [0, 0.1) is 11.7 Å². The van der Waals surface area contributed by atoms with Crippen molar-refractivity contribution < 1.29 is 14.0 Å². The minimum absolute atomic E-state index is 0.0689. The molecule has 0 bridgehead atoms. The standard InChI is InChI=1S/C29H36FN5O2/c1-21(2)17-18-34(29(37)31-24-11-7-4-8-12-24)20-28(36)32-27-19-26(22-9-5-3-6-10-22)33-35(27)25-15-13-23(30)14-16-25/h3,5-6,9-10,13-16,19,21,24H,4,7-8,11-12,17-18,20H2,1-2H3,(H,31,37)(H,32,36). The van der Waals surface area contributed by atoms with Crippen molar-refractivity contribution in [1.29, 1.82) is 0 Å². The van der Waals surface area contributed by atoms with Crippen molar-refractivity contribution in [1.82, 2.24) is 20.0 Å². The Balaban J connectivity index is 1.53. The van der Waals surface area contributed by atoms with Gasteiger partial charge in [-0.1, -0.05) is 63.4 Å². The Morgan fingerprint density at radius 2 is 1.76 bits per heavy atom. The number of aromatic nitrogens is 2. The molecule has 1 fully saturated rings. The summed E-state index contributed by atoms with van der Waals surface area (Å²) in [6.07, 6.45) is 6.21. The van der Waals surface area contributed by atoms with Gasteiger partial charge in [-0.3, -0.25) is 4.79 Å². The number of amides is 3. The van der Waals surface area contributed by atoms with E-state index in [4.69, 9.17) is 0 Å². The predicted octanol–water partition coefficient (Wildman–Crippen LogP) is 6.01. The summed E-state index contributed by atoms with van der Waals surface area (Å²) < 4.78 is 15.1. The van der Waals surface area contributed by atoms with Crippen LogP contribution in [-0.2, 0) is 4.79 Å². The molecule has 0 atom stereocenters. The zero-order valence-corrected chi connectivity index (χ0v) is 21.6. The molecule has 0 saturated heterocycles. The maximum Gasteiger partial charge on any atom is 0.318 e. The van der Waals surface area contributed by atoms with Gasteiger partial charge in [0.2, 0.25) is 5.91 Å². The zero-order valence-electron chi connectivity index (χ0n) is 21.6. The molecule has 1 saturated carbocycles. The molecule has 3 amide bonds. The van der Waals surface area contributed by atoms with Crippen LogP contribution in [0.4, 0.5) is 15.0 Å². The number of nitrogens with zero attached hydrogens (tertiary/aromatic N) is 3. The lowest BCUT2D eigenvalue weighted by Crippen LogP contribution is -2.48. The number of hydrogen-bond donors (Lipinski definition) is 2. The Hall–Kier alpha value is -3.68. The van der Waals surface area contributed by atoms with Crippen LogP contribution < -0.4 is 10.6 Å². The molecule has 7 nitrogen and oxygen atoms in total. The van der Waals surface area contributed by atoms with Crippen LogP contribution in [0.1, 0.15) is 52.4 Å². The van der Waals surface area contributed by atoms with E-state index in [2.05, 4.69) is 29.6 Å². The highest BCUT2D eigenvalue weighted by atomic mass is 19.1. The molecule has 1 heterocycles. The topological polar surface area (TPSA) is 79.3 Å². The normalized spacial score (nSPS) is 13.9. The largest absolute Gasteiger partial charge is 0.335 e. The second kappa shape index (κ2) is 12.5. The minimum Gasteiger partial charge on any atom is -0.335 e. The van der Waals surface area contributed by atoms with E-state index in [0.717, 1.165) is 37.7 Å². The fraction of sp³-hybridized carbons (Fsp3) is 0.414. The molecule has 0 spiro atoms. The first kappa shape index (κ1) is 26.4. The van der Waals surface area contributed by atoms with Crippen LogP contribution in [0.25, 0.3) is 16.9 Å². The van der Waals surface area contributed by atoms with Crippen LogP contribution in [0.3, 0.4) is 0 Å². The molecule has 0 radical (unpaired) electrons. The van der Waals surface area contributed by atoms with E-state index >= 15 is 0 Å². The van der Waals surface area contributed by atoms with Crippen molar-refractivity contribution in [2.24, 2.45) is 5.92 Å². The second-order valence-corrected chi connectivity index (χ2v) is 10.1. The van der Waals surface area contributed by atoms with Gasteiger partial charge in [-0.05, 0) is 49.4 Å². The third kappa shape index (κ3) is 7.41. The number of halogens is 1. The van der Waals surface area contributed by atoms with Gasteiger partial charge < -0.3 is 15.5 Å². The Morgan fingerprint density at radius 3 is 2.43 bits per heavy atom. The van der Waals surface area contributed by atoms with E-state index in [1.165, 1.54) is 18.6 Å². The van der Waals surface area contributed by atoms with Gasteiger partial charge in [0, 0.05) is 24.2 Å². The van der Waals surface area contributed by atoms with Crippen LogP contribution in [0.2, 0.25) is 0 Å². The number of urea groups is 1. The SMILES string of the molecule is CC(C)CCN(CC(=O)Nc1cc(-c2ccccc2)nn1-c1ccc(F)cc1)C(=O)NC1CCCCC1. The van der Waals surface area contributed by atoms with Crippen molar-refractivity contribution in [2.45, 2.75) is 58.4 Å². The first-order valence-corrected chi connectivity index (χ1v) is 13.2. The van der Waals surface area contributed by atoms with Gasteiger partial charge in [-0.2, -0.15) is 5.10 Å². The van der Waals surface area contributed by atoms with Gasteiger partial charge in [0.1, 0.15) is 18.2 Å². The molecule has 1 aliphatic carbocycles. The lowest BCUT2D eigenvalue weighted by atomic mass is 9.96. The number of rotatable bonds is 9. The molecule has 1 aromatic heterocycles. The monoisotopic (exact) mass is 505 g/mol. The molecule has 2 aromatic carbocycles. The average molecular weight is 506 g/mol. The average Bonchev–Trinajstić information content (AvgIpc) is 3.31. The molecule has 1 aliphatic rings. The third-order valence-corrected chi connectivity index (χ3v) is 6.65. The Labute approximate surface area is 218 Å². The molecule has 0 unspecified atom stereocenters. The van der Waals surface area contributed by atoms with Crippen LogP contribution in [-0.4, -0.2) is 45.8 Å². The summed E-state index contributed by atoms with van der Waals surface area (Å²) in [5.41, 5.74) is 2.18. The maximum absolute atomic E-state index is 13.6. The third-order valence-electron chi connectivity index (χ3n) is 6.65. The predicted molar refractivity (Wildman–Crippen MR) is 144 cm³/mol. The van der Waals surface area contributed by atoms with E-state index in [-0.39, 0.29) is 30.3 Å². The summed E-state index contributed by atoms with van der Waals surface area (Å²) in [4.78, 5) is 27.9. The first-order chi connectivity index (χ1) is 17.9. The molecule has 2 N–H and O–H groups in total. The number of anilines is 1. The van der Waals surface area contributed by atoms with Crippen LogP contribution in [0.15, 0.2) is 60.7 Å². The van der Waals surface area contributed by atoms with Gasteiger partial charge in [0.15, 0.2) is 0 Å². The summed E-state index contributed by atoms with van der Waals surface area (Å²) in [7, 11) is 0. The van der Waals surface area contributed by atoms with Gasteiger partial charge >= 0.3 is 6.03 Å². The summed E-state index contributed by atoms with van der Waals surface area (Å²) >= 11 is 0. The maximum atomic E-state index is 13.6. The summed E-state index contributed by atoms with van der Waals surface area (Å²) in [6, 6.07) is 17.3. The number of benzene rings is 2. The van der Waals surface area contributed by atoms with Crippen molar-refractivity contribution >= 4 is 17.8 Å². The van der Waals surface area contributed by atoms with E-state index in [1.807, 2.05) is 30.3 Å². The van der Waals surface area contributed by atoms with Crippen LogP contribution in [0.5, 0.6) is 0 Å². The Bertz CT molecular complexity index is 1170. The minimum atomic E-state index is -0.352. The second-order valence-electron chi connectivity index (χ2n) is 10.1. The Morgan fingerprint density at radius 1 is 1.05 bits per heavy atom. The molecule has 0 aliphatic heterocycles. The molecule has 196 valence electrons. The quantitative estimate of drug-likeness (QED) is 0.374. The van der Waals surface area contributed by atoms with Crippen molar-refractivity contribution in [3.8, 4) is 16.9 Å². The molecular weight excluding hydrogens is 469 g/mol. The highest BCUT2D eigenvalue weighted by Gasteiger charge is 2.23. The zero-order chi connectivity index (χ0) is 26.2. The van der Waals surface area contributed by atoms with Gasteiger partial charge in [0.25, 0.3) is 0 Å². The summed E-state index contributed by atoms with van der Waals surface area (Å²) in [5.74, 6) is 0.188. The first-order valence-electron chi connectivity index (χ1n) is 13.2. The Kier molecular flexibility index (Phi) is 8.93. The van der Waals surface area contributed by atoms with Crippen molar-refractivity contribution in [3.63, 3.8) is 0 Å². The lowest BCUT2D eigenvalue weighted by molar-refractivity contribution is -0.116. The fourth-order valence-corrected chi connectivity index (χ4v) is 4.53. The molecule has 8 heteroatoms. The van der Waals surface area contributed by atoms with Crippen molar-refractivity contribution in [2.75, 3.05) is 18.4 Å². The fourth-order valence-electron chi connectivity index (χ4n) is 4.53. The van der Waals surface area contributed by atoms with Crippen molar-refractivity contribution in [3.05, 3.63) is 66.5 Å². The van der Waals surface area contributed by atoms with Crippen LogP contribution >= 0.6 is 0 Å². The molecule has 37 heavy (non-hydrogen) atoms. The van der Waals surface area contributed by atoms with E-state index < -0.39 is 0 Å². The van der Waals surface area contributed by atoms with E-state index in [0.29, 0.717) is 29.7 Å². The highest BCUT2D eigenvalue weighted by Crippen LogP contribution is 2.25. The lowest BCUT2D eigenvalue weighted by Gasteiger charge is -2.28. The molecular formula is C29H36FN5O2. The summed E-state index contributed by atoms with van der Waals surface area (Å²) in [5, 5.41) is 10.7. The smallest absolute Gasteiger partial charge is 0.318 e. The molecule has 4 rings (SSSR count). The van der Waals surface area contributed by atoms with Gasteiger partial charge in [-0.25, -0.2) is 13.9 Å². The highest BCUT2D eigenvalue weighted by molar-refractivity contribution is 5.94. The summed E-state index contributed by atoms with van der Waals surface area (Å²) in [6.45, 7) is 4.63. The van der Waals surface area contributed by atoms with Gasteiger partial charge in [-0.15, -0.1) is 0 Å². The van der Waals surface area contributed by atoms with E-state index in [1.54, 1.807) is 27.8 Å².